The first-order chi connectivity index (χ1) is 8.09. The van der Waals surface area contributed by atoms with Crippen LogP contribution in [-0.4, -0.2) is 28.8 Å². The van der Waals surface area contributed by atoms with E-state index in [-0.39, 0.29) is 11.7 Å². The van der Waals surface area contributed by atoms with Gasteiger partial charge in [0.1, 0.15) is 5.78 Å². The number of ketones is 1. The van der Waals surface area contributed by atoms with Crippen molar-refractivity contribution in [2.75, 3.05) is 13.2 Å². The third-order valence-electron chi connectivity index (χ3n) is 3.22. The highest BCUT2D eigenvalue weighted by Crippen LogP contribution is 2.23. The van der Waals surface area contributed by atoms with E-state index in [4.69, 9.17) is 16.3 Å². The van der Waals surface area contributed by atoms with Gasteiger partial charge in [-0.05, 0) is 19.8 Å². The third-order valence-corrected chi connectivity index (χ3v) is 3.71. The smallest absolute Gasteiger partial charge is 0.144 e. The van der Waals surface area contributed by atoms with E-state index in [9.17, 15) is 4.79 Å². The number of ether oxygens (including phenoxy) is 1. The number of carbonyl (C=O) groups is 1. The summed E-state index contributed by atoms with van der Waals surface area (Å²) in [7, 11) is 1.82. The van der Waals surface area contributed by atoms with Crippen molar-refractivity contribution in [3.8, 4) is 0 Å². The monoisotopic (exact) mass is 256 g/mol. The van der Waals surface area contributed by atoms with Crippen LogP contribution in [0.2, 0.25) is 5.02 Å². The van der Waals surface area contributed by atoms with E-state index < -0.39 is 0 Å². The van der Waals surface area contributed by atoms with Crippen molar-refractivity contribution in [1.29, 1.82) is 0 Å². The number of rotatable bonds is 3. The molecule has 1 unspecified atom stereocenters. The zero-order chi connectivity index (χ0) is 12.4. The Morgan fingerprint density at radius 2 is 2.41 bits per heavy atom. The highest BCUT2D eigenvalue weighted by Gasteiger charge is 2.24. The molecule has 1 aromatic heterocycles. The normalized spacial score (nSPS) is 20.5. The lowest BCUT2D eigenvalue weighted by Crippen LogP contribution is -2.27. The van der Waals surface area contributed by atoms with Crippen LogP contribution < -0.4 is 0 Å². The van der Waals surface area contributed by atoms with E-state index in [2.05, 4.69) is 5.10 Å². The van der Waals surface area contributed by atoms with Crippen LogP contribution in [0.5, 0.6) is 0 Å². The average Bonchev–Trinajstić information content (AvgIpc) is 2.57. The second-order valence-electron chi connectivity index (χ2n) is 4.53. The Hall–Kier alpha value is -0.870. The van der Waals surface area contributed by atoms with Gasteiger partial charge in [-0.2, -0.15) is 5.10 Å². The SMILES string of the molecule is Cc1nn(C)c(CC(=O)C2CCCOC2)c1Cl. The highest BCUT2D eigenvalue weighted by molar-refractivity contribution is 6.32. The Balaban J connectivity index is 2.07. The summed E-state index contributed by atoms with van der Waals surface area (Å²) in [5, 5.41) is 4.82. The maximum Gasteiger partial charge on any atom is 0.144 e. The minimum atomic E-state index is 0.0232. The molecule has 1 aliphatic rings. The van der Waals surface area contributed by atoms with E-state index in [1.165, 1.54) is 0 Å². The summed E-state index contributed by atoms with van der Waals surface area (Å²) in [5.41, 5.74) is 1.58. The number of Topliss-reactive ketones (excluding diaryl/α,β-unsaturated/α-hetero) is 1. The lowest BCUT2D eigenvalue weighted by atomic mass is 9.94. The van der Waals surface area contributed by atoms with Gasteiger partial charge in [-0.25, -0.2) is 0 Å². The molecule has 1 atom stereocenters. The molecule has 4 nitrogen and oxygen atoms in total. The van der Waals surface area contributed by atoms with Crippen molar-refractivity contribution < 1.29 is 9.53 Å². The Morgan fingerprint density at radius 3 is 2.94 bits per heavy atom. The summed E-state index contributed by atoms with van der Waals surface area (Å²) in [6.07, 6.45) is 2.24. The molecule has 17 heavy (non-hydrogen) atoms. The molecule has 5 heteroatoms. The van der Waals surface area contributed by atoms with Gasteiger partial charge in [0.15, 0.2) is 0 Å². The number of aromatic nitrogens is 2. The fourth-order valence-corrected chi connectivity index (χ4v) is 2.40. The van der Waals surface area contributed by atoms with Crippen LogP contribution in [0.3, 0.4) is 0 Å². The number of halogens is 1. The molecule has 1 aliphatic heterocycles. The van der Waals surface area contributed by atoms with E-state index in [1.807, 2.05) is 14.0 Å². The van der Waals surface area contributed by atoms with Crippen molar-refractivity contribution in [1.82, 2.24) is 9.78 Å². The Labute approximate surface area is 106 Å². The molecule has 0 spiro atoms. The molecule has 0 N–H and O–H groups in total. The Morgan fingerprint density at radius 1 is 1.65 bits per heavy atom. The first-order valence-corrected chi connectivity index (χ1v) is 6.26. The number of carbonyl (C=O) groups excluding carboxylic acids is 1. The fourth-order valence-electron chi connectivity index (χ4n) is 2.18. The standard InChI is InChI=1S/C12H17ClN2O2/c1-8-12(13)10(15(2)14-8)6-11(16)9-4-3-5-17-7-9/h9H,3-7H2,1-2H3. The van der Waals surface area contributed by atoms with Crippen molar-refractivity contribution in [3.05, 3.63) is 16.4 Å². The van der Waals surface area contributed by atoms with Crippen LogP contribution in [0.1, 0.15) is 24.2 Å². The Bertz CT molecular complexity index is 422. The van der Waals surface area contributed by atoms with Gasteiger partial charge in [-0.1, -0.05) is 11.6 Å². The molecular formula is C12H17ClN2O2. The van der Waals surface area contributed by atoms with Gasteiger partial charge < -0.3 is 4.74 Å². The predicted molar refractivity (Wildman–Crippen MR) is 65.2 cm³/mol. The second-order valence-corrected chi connectivity index (χ2v) is 4.90. The minimum absolute atomic E-state index is 0.0232. The van der Waals surface area contributed by atoms with E-state index in [0.29, 0.717) is 18.1 Å². The van der Waals surface area contributed by atoms with E-state index >= 15 is 0 Å². The van der Waals surface area contributed by atoms with Gasteiger partial charge in [0.05, 0.1) is 29.4 Å². The fraction of sp³-hybridized carbons (Fsp3) is 0.667. The number of hydrogen-bond donors (Lipinski definition) is 0. The van der Waals surface area contributed by atoms with Crippen LogP contribution in [-0.2, 0) is 23.0 Å². The van der Waals surface area contributed by atoms with Gasteiger partial charge in [-0.15, -0.1) is 0 Å². The van der Waals surface area contributed by atoms with Gasteiger partial charge in [0.25, 0.3) is 0 Å². The highest BCUT2D eigenvalue weighted by atomic mass is 35.5. The van der Waals surface area contributed by atoms with Crippen LogP contribution >= 0.6 is 11.6 Å². The molecule has 0 radical (unpaired) electrons. The van der Waals surface area contributed by atoms with E-state index in [0.717, 1.165) is 30.8 Å². The molecule has 2 rings (SSSR count). The lowest BCUT2D eigenvalue weighted by Gasteiger charge is -2.20. The lowest BCUT2D eigenvalue weighted by molar-refractivity contribution is -0.126. The molecule has 0 saturated carbocycles. The third kappa shape index (κ3) is 2.69. The van der Waals surface area contributed by atoms with Gasteiger partial charge in [-0.3, -0.25) is 9.48 Å². The van der Waals surface area contributed by atoms with Crippen LogP contribution in [0.15, 0.2) is 0 Å². The minimum Gasteiger partial charge on any atom is -0.381 e. The van der Waals surface area contributed by atoms with Gasteiger partial charge >= 0.3 is 0 Å². The summed E-state index contributed by atoms with van der Waals surface area (Å²) in [6, 6.07) is 0. The quantitative estimate of drug-likeness (QED) is 0.830. The number of aryl methyl sites for hydroxylation is 2. The zero-order valence-electron chi connectivity index (χ0n) is 10.2. The van der Waals surface area contributed by atoms with Crippen molar-refractivity contribution in [2.24, 2.45) is 13.0 Å². The second kappa shape index (κ2) is 5.19. The van der Waals surface area contributed by atoms with Crippen molar-refractivity contribution >= 4 is 17.4 Å². The van der Waals surface area contributed by atoms with Crippen LogP contribution in [0, 0.1) is 12.8 Å². The van der Waals surface area contributed by atoms with Gasteiger partial charge in [0.2, 0.25) is 0 Å². The number of hydrogen-bond acceptors (Lipinski definition) is 3. The van der Waals surface area contributed by atoms with Gasteiger partial charge in [0, 0.05) is 19.6 Å². The maximum atomic E-state index is 12.1. The Kier molecular flexibility index (Phi) is 3.84. The molecule has 1 aromatic rings. The molecule has 0 bridgehead atoms. The molecule has 1 fully saturated rings. The van der Waals surface area contributed by atoms with Crippen LogP contribution in [0.4, 0.5) is 0 Å². The summed E-state index contributed by atoms with van der Waals surface area (Å²) in [4.78, 5) is 12.1. The van der Waals surface area contributed by atoms with E-state index in [1.54, 1.807) is 4.68 Å². The summed E-state index contributed by atoms with van der Waals surface area (Å²) >= 11 is 6.13. The first-order valence-electron chi connectivity index (χ1n) is 5.88. The summed E-state index contributed by atoms with van der Waals surface area (Å²) in [5.74, 6) is 0.227. The molecule has 94 valence electrons. The molecule has 1 saturated heterocycles. The summed E-state index contributed by atoms with van der Waals surface area (Å²) in [6.45, 7) is 3.17. The molecule has 0 aromatic carbocycles. The average molecular weight is 257 g/mol. The van der Waals surface area contributed by atoms with Crippen LogP contribution in [0.25, 0.3) is 0 Å². The molecular weight excluding hydrogens is 240 g/mol. The topological polar surface area (TPSA) is 44.1 Å². The molecule has 2 heterocycles. The molecule has 0 aliphatic carbocycles. The first kappa shape index (κ1) is 12.6. The predicted octanol–water partition coefficient (Wildman–Crippen LogP) is 1.92. The largest absolute Gasteiger partial charge is 0.381 e. The van der Waals surface area contributed by atoms with Crippen molar-refractivity contribution in [2.45, 2.75) is 26.2 Å². The zero-order valence-corrected chi connectivity index (χ0v) is 11.0. The van der Waals surface area contributed by atoms with Crippen molar-refractivity contribution in [3.63, 3.8) is 0 Å². The number of nitrogens with zero attached hydrogens (tertiary/aromatic N) is 2. The summed E-state index contributed by atoms with van der Waals surface area (Å²) < 4.78 is 7.02. The maximum absolute atomic E-state index is 12.1. The molecule has 0 amide bonds.